The van der Waals surface area contributed by atoms with Crippen LogP contribution < -0.4 is 0 Å². The molecule has 1 aliphatic rings. The molecule has 1 atom stereocenters. The Morgan fingerprint density at radius 2 is 1.89 bits per heavy atom. The van der Waals surface area contributed by atoms with E-state index in [1.54, 1.807) is 23.5 Å². The SMILES string of the molecule is CC(C)C(N=C1SCC(=C(Cl)Cl)S1)c1ccccc1. The number of halogens is 2. The highest BCUT2D eigenvalue weighted by Crippen LogP contribution is 2.42. The molecular formula is C14H15Cl2NS2. The predicted octanol–water partition coefficient (Wildman–Crippen LogP) is 5.87. The lowest BCUT2D eigenvalue weighted by molar-refractivity contribution is 0.519. The fourth-order valence-corrected chi connectivity index (χ4v) is 4.51. The maximum atomic E-state index is 5.82. The first-order valence-electron chi connectivity index (χ1n) is 6.05. The molecule has 0 aromatic heterocycles. The van der Waals surface area contributed by atoms with E-state index in [1.807, 2.05) is 6.07 Å². The Labute approximate surface area is 132 Å². The topological polar surface area (TPSA) is 12.4 Å². The van der Waals surface area contributed by atoms with Crippen molar-refractivity contribution in [3.8, 4) is 0 Å². The maximum Gasteiger partial charge on any atom is 0.130 e. The third-order valence-corrected chi connectivity index (χ3v) is 5.89. The minimum absolute atomic E-state index is 0.185. The van der Waals surface area contributed by atoms with Crippen molar-refractivity contribution >= 4 is 51.1 Å². The zero-order valence-corrected chi connectivity index (χ0v) is 13.9. The molecule has 0 aliphatic carbocycles. The van der Waals surface area contributed by atoms with Crippen molar-refractivity contribution in [1.82, 2.24) is 0 Å². The van der Waals surface area contributed by atoms with Gasteiger partial charge in [-0.2, -0.15) is 0 Å². The summed E-state index contributed by atoms with van der Waals surface area (Å²) >= 11 is 14.9. The van der Waals surface area contributed by atoms with Gasteiger partial charge in [-0.25, -0.2) is 0 Å². The van der Waals surface area contributed by atoms with Crippen LogP contribution in [0.25, 0.3) is 0 Å². The van der Waals surface area contributed by atoms with Gasteiger partial charge in [0.25, 0.3) is 0 Å². The van der Waals surface area contributed by atoms with E-state index in [0.29, 0.717) is 10.4 Å². The molecule has 1 aromatic carbocycles. The van der Waals surface area contributed by atoms with Crippen LogP contribution in [0.3, 0.4) is 0 Å². The maximum absolute atomic E-state index is 5.82. The predicted molar refractivity (Wildman–Crippen MR) is 90.2 cm³/mol. The van der Waals surface area contributed by atoms with Crippen molar-refractivity contribution in [2.45, 2.75) is 19.9 Å². The summed E-state index contributed by atoms with van der Waals surface area (Å²) < 4.78 is 1.42. The lowest BCUT2D eigenvalue weighted by atomic mass is 9.97. The molecule has 1 unspecified atom stereocenters. The molecule has 5 heteroatoms. The molecule has 1 heterocycles. The number of hydrogen-bond donors (Lipinski definition) is 0. The standard InChI is InChI=1S/C14H15Cl2NS2/c1-9(2)12(10-6-4-3-5-7-10)17-14-18-8-11(19-14)13(15)16/h3-7,9,12H,8H2,1-2H3. The van der Waals surface area contributed by atoms with Gasteiger partial charge in [0.2, 0.25) is 0 Å². The molecule has 0 saturated carbocycles. The second kappa shape index (κ2) is 7.07. The molecule has 0 radical (unpaired) electrons. The molecule has 2 rings (SSSR count). The van der Waals surface area contributed by atoms with E-state index >= 15 is 0 Å². The third-order valence-electron chi connectivity index (χ3n) is 2.77. The van der Waals surface area contributed by atoms with Gasteiger partial charge in [0.15, 0.2) is 0 Å². The average Bonchev–Trinajstić information content (AvgIpc) is 2.85. The number of benzene rings is 1. The minimum atomic E-state index is 0.185. The van der Waals surface area contributed by atoms with Crippen molar-refractivity contribution in [2.75, 3.05) is 5.75 Å². The van der Waals surface area contributed by atoms with E-state index in [9.17, 15) is 0 Å². The smallest absolute Gasteiger partial charge is 0.130 e. The minimum Gasteiger partial charge on any atom is -0.263 e. The Morgan fingerprint density at radius 3 is 2.42 bits per heavy atom. The molecule has 0 bridgehead atoms. The number of rotatable bonds is 3. The highest BCUT2D eigenvalue weighted by atomic mass is 35.5. The van der Waals surface area contributed by atoms with E-state index in [2.05, 4.69) is 38.1 Å². The second-order valence-corrected chi connectivity index (χ2v) is 7.82. The molecule has 0 amide bonds. The molecule has 1 aliphatic heterocycles. The number of nitrogens with zero attached hydrogens (tertiary/aromatic N) is 1. The number of thioether (sulfide) groups is 2. The van der Waals surface area contributed by atoms with Crippen LogP contribution in [0.1, 0.15) is 25.5 Å². The molecule has 1 saturated heterocycles. The second-order valence-electron chi connectivity index (χ2n) is 4.57. The van der Waals surface area contributed by atoms with Crippen LogP contribution in [0, 0.1) is 5.92 Å². The van der Waals surface area contributed by atoms with Crippen molar-refractivity contribution in [3.63, 3.8) is 0 Å². The molecule has 1 aromatic rings. The van der Waals surface area contributed by atoms with Crippen LogP contribution in [0.4, 0.5) is 0 Å². The van der Waals surface area contributed by atoms with Crippen LogP contribution in [-0.4, -0.2) is 10.1 Å². The first kappa shape index (κ1) is 15.3. The first-order valence-corrected chi connectivity index (χ1v) is 8.61. The first-order chi connectivity index (χ1) is 9.08. The molecule has 19 heavy (non-hydrogen) atoms. The number of hydrogen-bond acceptors (Lipinski definition) is 3. The number of aliphatic imine (C=N–C) groups is 1. The van der Waals surface area contributed by atoms with Gasteiger partial charge in [-0.15, -0.1) is 0 Å². The van der Waals surface area contributed by atoms with Crippen molar-refractivity contribution in [1.29, 1.82) is 0 Å². The van der Waals surface area contributed by atoms with Gasteiger partial charge in [-0.1, -0.05) is 90.9 Å². The van der Waals surface area contributed by atoms with Gasteiger partial charge in [0.05, 0.1) is 6.04 Å². The Kier molecular flexibility index (Phi) is 5.70. The lowest BCUT2D eigenvalue weighted by Gasteiger charge is -2.17. The Morgan fingerprint density at radius 1 is 1.21 bits per heavy atom. The normalized spacial score (nSPS) is 19.2. The Bertz CT molecular complexity index is 493. The van der Waals surface area contributed by atoms with E-state index in [4.69, 9.17) is 28.2 Å². The molecule has 1 nitrogen and oxygen atoms in total. The summed E-state index contributed by atoms with van der Waals surface area (Å²) in [5, 5.41) is 0. The van der Waals surface area contributed by atoms with Crippen molar-refractivity contribution in [3.05, 3.63) is 45.3 Å². The fraction of sp³-hybridized carbons (Fsp3) is 0.357. The highest BCUT2D eigenvalue weighted by Gasteiger charge is 2.22. The van der Waals surface area contributed by atoms with Crippen LogP contribution in [0.2, 0.25) is 0 Å². The van der Waals surface area contributed by atoms with Gasteiger partial charge < -0.3 is 0 Å². The Balaban J connectivity index is 2.21. The lowest BCUT2D eigenvalue weighted by Crippen LogP contribution is -2.05. The molecule has 0 spiro atoms. The fourth-order valence-electron chi connectivity index (χ4n) is 1.82. The summed E-state index contributed by atoms with van der Waals surface area (Å²) in [6.45, 7) is 4.38. The summed E-state index contributed by atoms with van der Waals surface area (Å²) in [4.78, 5) is 5.87. The van der Waals surface area contributed by atoms with Crippen LogP contribution in [0.5, 0.6) is 0 Å². The van der Waals surface area contributed by atoms with E-state index < -0.39 is 0 Å². The quantitative estimate of drug-likeness (QED) is 0.686. The zero-order chi connectivity index (χ0) is 13.8. The van der Waals surface area contributed by atoms with Crippen LogP contribution in [0.15, 0.2) is 44.7 Å². The van der Waals surface area contributed by atoms with Crippen molar-refractivity contribution in [2.24, 2.45) is 10.9 Å². The Hall–Kier alpha value is -0.0900. The molecule has 0 N–H and O–H groups in total. The summed E-state index contributed by atoms with van der Waals surface area (Å²) in [5.74, 6) is 1.28. The van der Waals surface area contributed by atoms with E-state index in [-0.39, 0.29) is 6.04 Å². The highest BCUT2D eigenvalue weighted by molar-refractivity contribution is 8.43. The van der Waals surface area contributed by atoms with Crippen molar-refractivity contribution < 1.29 is 0 Å². The zero-order valence-electron chi connectivity index (χ0n) is 10.8. The van der Waals surface area contributed by atoms with Gasteiger partial charge in [0.1, 0.15) is 8.87 Å². The summed E-state index contributed by atoms with van der Waals surface area (Å²) in [6.07, 6.45) is 0. The third kappa shape index (κ3) is 4.19. The summed E-state index contributed by atoms with van der Waals surface area (Å²) in [5.41, 5.74) is 1.25. The van der Waals surface area contributed by atoms with Crippen LogP contribution in [-0.2, 0) is 0 Å². The van der Waals surface area contributed by atoms with Gasteiger partial charge in [-0.05, 0) is 11.5 Å². The summed E-state index contributed by atoms with van der Waals surface area (Å²) in [7, 11) is 0. The largest absolute Gasteiger partial charge is 0.263 e. The van der Waals surface area contributed by atoms with Gasteiger partial charge in [-0.3, -0.25) is 4.99 Å². The molecule has 102 valence electrons. The van der Waals surface area contributed by atoms with E-state index in [0.717, 1.165) is 15.0 Å². The van der Waals surface area contributed by atoms with Gasteiger partial charge in [0, 0.05) is 10.7 Å². The summed E-state index contributed by atoms with van der Waals surface area (Å²) in [6, 6.07) is 10.6. The molecular weight excluding hydrogens is 317 g/mol. The van der Waals surface area contributed by atoms with Gasteiger partial charge >= 0.3 is 0 Å². The van der Waals surface area contributed by atoms with Crippen LogP contribution >= 0.6 is 46.7 Å². The molecule has 1 fully saturated rings. The monoisotopic (exact) mass is 331 g/mol. The average molecular weight is 332 g/mol. The van der Waals surface area contributed by atoms with E-state index in [1.165, 1.54) is 5.56 Å².